The number of nitrogens with zero attached hydrogens (tertiary/aromatic N) is 3. The molecule has 0 fully saturated rings. The van der Waals surface area contributed by atoms with Gasteiger partial charge in [-0.2, -0.15) is 4.98 Å². The zero-order chi connectivity index (χ0) is 14.2. The van der Waals surface area contributed by atoms with Crippen LogP contribution in [0.3, 0.4) is 0 Å². The molecule has 2 heterocycles. The number of ether oxygens (including phenoxy) is 1. The third-order valence-corrected chi connectivity index (χ3v) is 2.97. The Hall–Kier alpha value is -1.97. The second-order valence-electron chi connectivity index (χ2n) is 4.80. The average molecular weight is 271 g/mol. The zero-order valence-corrected chi connectivity index (χ0v) is 12.2. The van der Waals surface area contributed by atoms with Crippen LogP contribution in [0.1, 0.15) is 38.3 Å². The van der Waals surface area contributed by atoms with Crippen LogP contribution in [0.4, 0.5) is 0 Å². The molecule has 0 radical (unpaired) electrons. The molecule has 2 aromatic heterocycles. The van der Waals surface area contributed by atoms with Crippen molar-refractivity contribution in [1.82, 2.24) is 15.0 Å². The van der Waals surface area contributed by atoms with Crippen molar-refractivity contribution < 1.29 is 4.74 Å². The quantitative estimate of drug-likeness (QED) is 0.718. The van der Waals surface area contributed by atoms with Gasteiger partial charge in [0.15, 0.2) is 5.82 Å². The Morgan fingerprint density at radius 1 is 1.10 bits per heavy atom. The lowest BCUT2D eigenvalue weighted by atomic mass is 10.2. The monoisotopic (exact) mass is 271 g/mol. The molecule has 0 bridgehead atoms. The Kier molecular flexibility index (Phi) is 5.47. The Balaban J connectivity index is 2.02. The summed E-state index contributed by atoms with van der Waals surface area (Å²) < 4.78 is 5.72. The smallest absolute Gasteiger partial charge is 0.217 e. The molecule has 0 amide bonds. The summed E-state index contributed by atoms with van der Waals surface area (Å²) in [6.07, 6.45) is 6.50. The molecule has 2 aromatic rings. The number of hydrogen-bond donors (Lipinski definition) is 0. The van der Waals surface area contributed by atoms with Crippen LogP contribution in [-0.2, 0) is 0 Å². The Bertz CT molecular complexity index is 529. The fourth-order valence-corrected chi connectivity index (χ4v) is 1.93. The van der Waals surface area contributed by atoms with E-state index >= 15 is 0 Å². The van der Waals surface area contributed by atoms with Gasteiger partial charge in [-0.1, -0.05) is 32.3 Å². The first-order valence-corrected chi connectivity index (χ1v) is 7.19. The third-order valence-electron chi connectivity index (χ3n) is 2.97. The first kappa shape index (κ1) is 14.4. The molecule has 106 valence electrons. The molecular formula is C16H21N3O. The van der Waals surface area contributed by atoms with Crippen molar-refractivity contribution in [3.8, 4) is 17.4 Å². The first-order chi connectivity index (χ1) is 9.79. The van der Waals surface area contributed by atoms with Crippen LogP contribution in [0.2, 0.25) is 0 Å². The van der Waals surface area contributed by atoms with Crippen LogP contribution < -0.4 is 4.74 Å². The van der Waals surface area contributed by atoms with E-state index in [1.165, 1.54) is 19.3 Å². The largest absolute Gasteiger partial charge is 0.478 e. The standard InChI is InChI=1S/C16H21N3O/c1-3-4-5-8-11-20-15-12-13(2)18-16(19-15)14-9-6-7-10-17-14/h6-7,9-10,12H,3-5,8,11H2,1-2H3. The van der Waals surface area contributed by atoms with Crippen LogP contribution in [0.15, 0.2) is 30.5 Å². The predicted octanol–water partition coefficient (Wildman–Crippen LogP) is 3.81. The summed E-state index contributed by atoms with van der Waals surface area (Å²) >= 11 is 0. The van der Waals surface area contributed by atoms with Crippen LogP contribution in [0.25, 0.3) is 11.5 Å². The van der Waals surface area contributed by atoms with Crippen molar-refractivity contribution >= 4 is 0 Å². The van der Waals surface area contributed by atoms with Gasteiger partial charge in [-0.05, 0) is 25.5 Å². The Labute approximate surface area is 120 Å². The lowest BCUT2D eigenvalue weighted by Crippen LogP contribution is -2.02. The molecule has 4 heteroatoms. The van der Waals surface area contributed by atoms with E-state index < -0.39 is 0 Å². The van der Waals surface area contributed by atoms with Crippen LogP contribution in [0, 0.1) is 6.92 Å². The summed E-state index contributed by atoms with van der Waals surface area (Å²) in [7, 11) is 0. The molecule has 0 unspecified atom stereocenters. The zero-order valence-electron chi connectivity index (χ0n) is 12.2. The maximum absolute atomic E-state index is 5.72. The average Bonchev–Trinajstić information content (AvgIpc) is 2.47. The molecule has 2 rings (SSSR count). The summed E-state index contributed by atoms with van der Waals surface area (Å²) in [6, 6.07) is 7.58. The van der Waals surface area contributed by atoms with Crippen molar-refractivity contribution in [3.63, 3.8) is 0 Å². The molecule has 20 heavy (non-hydrogen) atoms. The molecule has 0 spiro atoms. The van der Waals surface area contributed by atoms with E-state index in [9.17, 15) is 0 Å². The molecule has 0 atom stereocenters. The topological polar surface area (TPSA) is 47.9 Å². The van der Waals surface area contributed by atoms with Gasteiger partial charge in [0, 0.05) is 18.0 Å². The van der Waals surface area contributed by atoms with Crippen molar-refractivity contribution in [2.75, 3.05) is 6.61 Å². The van der Waals surface area contributed by atoms with Gasteiger partial charge < -0.3 is 4.74 Å². The van der Waals surface area contributed by atoms with Gasteiger partial charge in [-0.3, -0.25) is 4.98 Å². The van der Waals surface area contributed by atoms with Crippen molar-refractivity contribution in [1.29, 1.82) is 0 Å². The fourth-order valence-electron chi connectivity index (χ4n) is 1.93. The summed E-state index contributed by atoms with van der Waals surface area (Å²) in [5, 5.41) is 0. The van der Waals surface area contributed by atoms with E-state index in [0.29, 0.717) is 18.3 Å². The van der Waals surface area contributed by atoms with Crippen molar-refractivity contribution in [3.05, 3.63) is 36.2 Å². The second-order valence-corrected chi connectivity index (χ2v) is 4.80. The van der Waals surface area contributed by atoms with Crippen LogP contribution in [-0.4, -0.2) is 21.6 Å². The van der Waals surface area contributed by atoms with Crippen molar-refractivity contribution in [2.45, 2.75) is 39.5 Å². The third kappa shape index (κ3) is 4.30. The number of unbranched alkanes of at least 4 members (excludes halogenated alkanes) is 3. The Morgan fingerprint density at radius 2 is 2.00 bits per heavy atom. The summed E-state index contributed by atoms with van der Waals surface area (Å²) in [5.74, 6) is 1.25. The number of aryl methyl sites for hydroxylation is 1. The minimum absolute atomic E-state index is 0.620. The lowest BCUT2D eigenvalue weighted by molar-refractivity contribution is 0.293. The fraction of sp³-hybridized carbons (Fsp3) is 0.438. The summed E-state index contributed by atoms with van der Waals surface area (Å²) in [5.41, 5.74) is 1.66. The van der Waals surface area contributed by atoms with E-state index in [0.717, 1.165) is 17.8 Å². The number of rotatable bonds is 7. The maximum Gasteiger partial charge on any atom is 0.217 e. The SMILES string of the molecule is CCCCCCOc1cc(C)nc(-c2ccccn2)n1. The van der Waals surface area contributed by atoms with Gasteiger partial charge in [0.25, 0.3) is 0 Å². The van der Waals surface area contributed by atoms with E-state index in [4.69, 9.17) is 4.74 Å². The highest BCUT2D eigenvalue weighted by Crippen LogP contribution is 2.17. The molecule has 0 aliphatic carbocycles. The summed E-state index contributed by atoms with van der Waals surface area (Å²) in [4.78, 5) is 13.1. The first-order valence-electron chi connectivity index (χ1n) is 7.19. The highest BCUT2D eigenvalue weighted by Gasteiger charge is 2.06. The van der Waals surface area contributed by atoms with E-state index in [2.05, 4.69) is 21.9 Å². The Morgan fingerprint density at radius 3 is 2.75 bits per heavy atom. The number of hydrogen-bond acceptors (Lipinski definition) is 4. The minimum Gasteiger partial charge on any atom is -0.478 e. The van der Waals surface area contributed by atoms with Gasteiger partial charge in [-0.15, -0.1) is 0 Å². The van der Waals surface area contributed by atoms with E-state index in [1.807, 2.05) is 31.2 Å². The van der Waals surface area contributed by atoms with Gasteiger partial charge in [0.2, 0.25) is 5.88 Å². The van der Waals surface area contributed by atoms with Gasteiger partial charge in [-0.25, -0.2) is 4.98 Å². The highest BCUT2D eigenvalue weighted by atomic mass is 16.5. The summed E-state index contributed by atoms with van der Waals surface area (Å²) in [6.45, 7) is 4.85. The number of pyridine rings is 1. The highest BCUT2D eigenvalue weighted by molar-refractivity contribution is 5.49. The van der Waals surface area contributed by atoms with Crippen molar-refractivity contribution in [2.24, 2.45) is 0 Å². The van der Waals surface area contributed by atoms with E-state index in [-0.39, 0.29) is 0 Å². The second kappa shape index (κ2) is 7.58. The lowest BCUT2D eigenvalue weighted by Gasteiger charge is -2.07. The molecule has 4 nitrogen and oxygen atoms in total. The predicted molar refractivity (Wildman–Crippen MR) is 79.6 cm³/mol. The normalized spacial score (nSPS) is 10.5. The number of aromatic nitrogens is 3. The molecule has 0 saturated heterocycles. The molecule has 0 saturated carbocycles. The molecule has 0 N–H and O–H groups in total. The molecule has 0 aromatic carbocycles. The van der Waals surface area contributed by atoms with Gasteiger partial charge >= 0.3 is 0 Å². The minimum atomic E-state index is 0.620. The van der Waals surface area contributed by atoms with E-state index in [1.54, 1.807) is 6.20 Å². The van der Waals surface area contributed by atoms with Crippen LogP contribution in [0.5, 0.6) is 5.88 Å². The molecule has 0 aliphatic rings. The van der Waals surface area contributed by atoms with Crippen LogP contribution >= 0.6 is 0 Å². The van der Waals surface area contributed by atoms with Gasteiger partial charge in [0.05, 0.1) is 6.61 Å². The molecular weight excluding hydrogens is 250 g/mol. The van der Waals surface area contributed by atoms with Gasteiger partial charge in [0.1, 0.15) is 5.69 Å². The molecule has 0 aliphatic heterocycles. The maximum atomic E-state index is 5.72.